The molecule has 1 aliphatic carbocycles. The van der Waals surface area contributed by atoms with Crippen molar-refractivity contribution in [2.24, 2.45) is 11.8 Å². The topological polar surface area (TPSA) is 123 Å². The SMILES string of the molecule is N#C[C@H](C[C@@H]1CCCNC1=O)NC(=O)[C@H]1[C@H]2CC[C@H](CC2(F)F)N1C(=O)[C@H](O)c1ccccc1. The highest BCUT2D eigenvalue weighted by Gasteiger charge is 2.61. The van der Waals surface area contributed by atoms with Crippen LogP contribution in [0.4, 0.5) is 8.78 Å². The van der Waals surface area contributed by atoms with Crippen molar-refractivity contribution in [2.75, 3.05) is 6.54 Å². The van der Waals surface area contributed by atoms with E-state index < -0.39 is 60.2 Å². The Morgan fingerprint density at radius 2 is 2.00 bits per heavy atom. The van der Waals surface area contributed by atoms with Gasteiger partial charge in [0.2, 0.25) is 11.8 Å². The molecule has 8 nitrogen and oxygen atoms in total. The number of nitrogens with zero attached hydrogens (tertiary/aromatic N) is 2. The Hall–Kier alpha value is -3.06. The smallest absolute Gasteiger partial charge is 0.256 e. The third kappa shape index (κ3) is 4.62. The van der Waals surface area contributed by atoms with Crippen molar-refractivity contribution in [2.45, 2.75) is 68.7 Å². The predicted molar refractivity (Wildman–Crippen MR) is 116 cm³/mol. The van der Waals surface area contributed by atoms with Gasteiger partial charge in [0.25, 0.3) is 11.8 Å². The maximum atomic E-state index is 14.8. The van der Waals surface area contributed by atoms with Gasteiger partial charge in [-0.1, -0.05) is 30.3 Å². The number of nitrogens with one attached hydrogen (secondary N) is 2. The maximum Gasteiger partial charge on any atom is 0.256 e. The van der Waals surface area contributed by atoms with Crippen molar-refractivity contribution < 1.29 is 28.3 Å². The Balaban J connectivity index is 1.56. The number of carbonyl (C=O) groups is 3. The molecule has 3 amide bonds. The van der Waals surface area contributed by atoms with Crippen molar-refractivity contribution in [3.8, 4) is 6.07 Å². The summed E-state index contributed by atoms with van der Waals surface area (Å²) in [5.41, 5.74) is 0.304. The number of fused-ring (bicyclic) bond motifs is 3. The number of alkyl halides is 2. The van der Waals surface area contributed by atoms with Crippen LogP contribution in [0.25, 0.3) is 0 Å². The number of aliphatic hydroxyl groups excluding tert-OH is 1. The summed E-state index contributed by atoms with van der Waals surface area (Å²) in [7, 11) is 0. The molecule has 3 aliphatic heterocycles. The van der Waals surface area contributed by atoms with E-state index in [2.05, 4.69) is 10.6 Å². The minimum Gasteiger partial charge on any atom is -0.378 e. The van der Waals surface area contributed by atoms with Crippen molar-refractivity contribution in [1.82, 2.24) is 15.5 Å². The molecule has 3 saturated heterocycles. The van der Waals surface area contributed by atoms with Crippen LogP contribution in [0.3, 0.4) is 0 Å². The van der Waals surface area contributed by atoms with Crippen molar-refractivity contribution >= 4 is 17.7 Å². The number of rotatable bonds is 6. The second-order valence-corrected chi connectivity index (χ2v) is 9.36. The Labute approximate surface area is 196 Å². The summed E-state index contributed by atoms with van der Waals surface area (Å²) in [6.07, 6.45) is -0.419. The first-order valence-corrected chi connectivity index (χ1v) is 11.6. The summed E-state index contributed by atoms with van der Waals surface area (Å²) < 4.78 is 29.6. The molecule has 0 spiro atoms. The maximum absolute atomic E-state index is 14.8. The van der Waals surface area contributed by atoms with Crippen LogP contribution in [0.5, 0.6) is 0 Å². The summed E-state index contributed by atoms with van der Waals surface area (Å²) in [6, 6.07) is 6.58. The van der Waals surface area contributed by atoms with E-state index in [-0.39, 0.29) is 18.7 Å². The molecule has 4 fully saturated rings. The molecule has 0 aromatic heterocycles. The van der Waals surface area contributed by atoms with Gasteiger partial charge in [-0.15, -0.1) is 0 Å². The number of hydrogen-bond acceptors (Lipinski definition) is 5. The van der Waals surface area contributed by atoms with Crippen LogP contribution in [0, 0.1) is 23.2 Å². The minimum absolute atomic E-state index is 0.0587. The summed E-state index contributed by atoms with van der Waals surface area (Å²) in [6.45, 7) is 0.556. The summed E-state index contributed by atoms with van der Waals surface area (Å²) in [5, 5.41) is 25.5. The van der Waals surface area contributed by atoms with Gasteiger partial charge in [-0.25, -0.2) is 8.78 Å². The van der Waals surface area contributed by atoms with Crippen molar-refractivity contribution in [1.29, 1.82) is 5.26 Å². The summed E-state index contributed by atoms with van der Waals surface area (Å²) >= 11 is 0. The van der Waals surface area contributed by atoms with Crippen molar-refractivity contribution in [3.63, 3.8) is 0 Å². The highest BCUT2D eigenvalue weighted by Crippen LogP contribution is 2.49. The van der Waals surface area contributed by atoms with Crippen LogP contribution >= 0.6 is 0 Å². The van der Waals surface area contributed by atoms with Crippen LogP contribution < -0.4 is 10.6 Å². The van der Waals surface area contributed by atoms with E-state index in [9.17, 15) is 33.5 Å². The molecule has 10 heteroatoms. The van der Waals surface area contributed by atoms with E-state index >= 15 is 0 Å². The predicted octanol–water partition coefficient (Wildman–Crippen LogP) is 1.66. The molecule has 3 heterocycles. The van der Waals surface area contributed by atoms with E-state index in [0.29, 0.717) is 24.9 Å². The van der Waals surface area contributed by atoms with Crippen LogP contribution in [0.1, 0.15) is 50.2 Å². The second-order valence-electron chi connectivity index (χ2n) is 9.36. The standard InChI is InChI=1S/C24H28F2N4O4/c25-24(26)12-17-8-9-18(24)19(30(17)23(34)20(31)14-5-2-1-3-6-14)22(33)29-16(13-27)11-15-7-4-10-28-21(15)32/h1-3,5-6,15-20,31H,4,7-12H2,(H,28,32)(H,29,33)/t15-,16-,17+,18+,19+,20+/m0/s1. The number of benzene rings is 1. The second kappa shape index (κ2) is 9.66. The number of piperidine rings is 3. The monoisotopic (exact) mass is 474 g/mol. The summed E-state index contributed by atoms with van der Waals surface area (Å²) in [5.74, 6) is -6.89. The zero-order chi connectivity index (χ0) is 24.5. The number of hydrogen-bond donors (Lipinski definition) is 3. The first-order valence-electron chi connectivity index (χ1n) is 11.6. The van der Waals surface area contributed by atoms with Gasteiger partial charge < -0.3 is 20.6 Å². The molecule has 1 saturated carbocycles. The van der Waals surface area contributed by atoms with Gasteiger partial charge >= 0.3 is 0 Å². The van der Waals surface area contributed by atoms with Gasteiger partial charge in [-0.05, 0) is 37.7 Å². The van der Waals surface area contributed by atoms with E-state index in [1.807, 2.05) is 6.07 Å². The molecular formula is C24H28F2N4O4. The fraction of sp³-hybridized carbons (Fsp3) is 0.583. The minimum atomic E-state index is -3.15. The van der Waals surface area contributed by atoms with Crippen molar-refractivity contribution in [3.05, 3.63) is 35.9 Å². The molecule has 0 unspecified atom stereocenters. The molecule has 5 rings (SSSR count). The average Bonchev–Trinajstić information content (AvgIpc) is 2.83. The Kier molecular flexibility index (Phi) is 6.84. The van der Waals surface area contributed by atoms with Crippen LogP contribution in [-0.4, -0.2) is 58.3 Å². The lowest BCUT2D eigenvalue weighted by molar-refractivity contribution is -0.198. The molecule has 1 aromatic carbocycles. The third-order valence-electron chi connectivity index (χ3n) is 7.20. The van der Waals surface area contributed by atoms with Gasteiger partial charge in [-0.3, -0.25) is 14.4 Å². The number of nitriles is 1. The molecule has 2 bridgehead atoms. The Bertz CT molecular complexity index is 983. The molecule has 4 aliphatic rings. The van der Waals surface area contributed by atoms with Gasteiger partial charge in [0.1, 0.15) is 12.1 Å². The largest absolute Gasteiger partial charge is 0.378 e. The summed E-state index contributed by atoms with van der Waals surface area (Å²) in [4.78, 5) is 39.7. The van der Waals surface area contributed by atoms with Crippen LogP contribution in [0.15, 0.2) is 30.3 Å². The third-order valence-corrected chi connectivity index (χ3v) is 7.20. The van der Waals surface area contributed by atoms with Gasteiger partial charge in [0.15, 0.2) is 6.10 Å². The molecular weight excluding hydrogens is 446 g/mol. The molecule has 182 valence electrons. The molecule has 34 heavy (non-hydrogen) atoms. The fourth-order valence-corrected chi connectivity index (χ4v) is 5.49. The number of aliphatic hydroxyl groups is 1. The molecule has 3 N–H and O–H groups in total. The van der Waals surface area contributed by atoms with Gasteiger partial charge in [-0.2, -0.15) is 5.26 Å². The van der Waals surface area contributed by atoms with Crippen LogP contribution in [0.2, 0.25) is 0 Å². The molecule has 0 radical (unpaired) electrons. The lowest BCUT2D eigenvalue weighted by Crippen LogP contribution is -2.69. The number of amides is 3. The molecule has 6 atom stereocenters. The van der Waals surface area contributed by atoms with Gasteiger partial charge in [0.05, 0.1) is 12.0 Å². The first-order chi connectivity index (χ1) is 16.2. The first kappa shape index (κ1) is 24.1. The van der Waals surface area contributed by atoms with E-state index in [1.165, 1.54) is 0 Å². The number of carbonyl (C=O) groups excluding carboxylic acids is 3. The lowest BCUT2D eigenvalue weighted by atomic mass is 9.71. The Morgan fingerprint density at radius 3 is 2.65 bits per heavy atom. The fourth-order valence-electron chi connectivity index (χ4n) is 5.49. The normalized spacial score (nSPS) is 29.5. The van der Waals surface area contributed by atoms with E-state index in [0.717, 1.165) is 11.3 Å². The van der Waals surface area contributed by atoms with Gasteiger partial charge in [0, 0.05) is 24.9 Å². The average molecular weight is 475 g/mol. The Morgan fingerprint density at radius 1 is 1.26 bits per heavy atom. The highest BCUT2D eigenvalue weighted by molar-refractivity contribution is 5.91. The van der Waals surface area contributed by atoms with E-state index in [4.69, 9.17) is 0 Å². The molecule has 1 aromatic rings. The highest BCUT2D eigenvalue weighted by atomic mass is 19.3. The quantitative estimate of drug-likeness (QED) is 0.579. The lowest BCUT2D eigenvalue weighted by Gasteiger charge is -2.54. The zero-order valence-electron chi connectivity index (χ0n) is 18.6. The van der Waals surface area contributed by atoms with Crippen LogP contribution in [-0.2, 0) is 14.4 Å². The zero-order valence-corrected chi connectivity index (χ0v) is 18.6. The van der Waals surface area contributed by atoms with E-state index in [1.54, 1.807) is 30.3 Å². The number of halogens is 2.